The number of rotatable bonds is 7. The van der Waals surface area contributed by atoms with Crippen LogP contribution in [0.4, 0.5) is 0 Å². The lowest BCUT2D eigenvalue weighted by atomic mass is 10.3. The Labute approximate surface area is 107 Å². The van der Waals surface area contributed by atoms with E-state index in [2.05, 4.69) is 4.74 Å². The second-order valence-corrected chi connectivity index (χ2v) is 6.20. The number of methoxy groups -OCH3 is 1. The van der Waals surface area contributed by atoms with Crippen molar-refractivity contribution in [3.8, 4) is 0 Å². The van der Waals surface area contributed by atoms with E-state index in [-0.39, 0.29) is 24.0 Å². The predicted octanol–water partition coefficient (Wildman–Crippen LogP) is -0.124. The smallest absolute Gasteiger partial charge is 0.322 e. The fraction of sp³-hybridized carbons (Fsp3) is 0.778. The third-order valence-electron chi connectivity index (χ3n) is 2.04. The molecule has 0 radical (unpaired) electrons. The molecule has 0 fully saturated rings. The number of esters is 1. The second kappa shape index (κ2) is 6.87. The van der Waals surface area contributed by atoms with Crippen LogP contribution in [-0.2, 0) is 19.6 Å². The number of nitrogens with zero attached hydrogens (tertiary/aromatic N) is 1. The quantitative estimate of drug-likeness (QED) is 0.517. The lowest BCUT2D eigenvalue weighted by Gasteiger charge is -2.25. The summed E-state index contributed by atoms with van der Waals surface area (Å²) in [4.78, 5) is 11.3. The van der Waals surface area contributed by atoms with Gasteiger partial charge in [0.1, 0.15) is 0 Å². The molecule has 0 aromatic rings. The van der Waals surface area contributed by atoms with E-state index in [1.54, 1.807) is 13.8 Å². The van der Waals surface area contributed by atoms with Crippen LogP contribution < -0.4 is 5.73 Å². The van der Waals surface area contributed by atoms with Crippen LogP contribution in [0.1, 0.15) is 20.3 Å². The van der Waals surface area contributed by atoms with Crippen LogP contribution >= 0.6 is 12.2 Å². The highest BCUT2D eigenvalue weighted by molar-refractivity contribution is 7.89. The minimum absolute atomic E-state index is 0.173. The van der Waals surface area contributed by atoms with E-state index in [0.717, 1.165) is 7.11 Å². The average molecular weight is 282 g/mol. The van der Waals surface area contributed by atoms with Gasteiger partial charge in [0.05, 0.1) is 12.1 Å². The molecule has 0 aliphatic heterocycles. The van der Waals surface area contributed by atoms with E-state index >= 15 is 0 Å². The maximum Gasteiger partial charge on any atom is 0.322 e. The van der Waals surface area contributed by atoms with Crippen LogP contribution in [0.15, 0.2) is 0 Å². The van der Waals surface area contributed by atoms with Crippen molar-refractivity contribution in [2.24, 2.45) is 5.73 Å². The molecular weight excluding hydrogens is 264 g/mol. The first-order valence-electron chi connectivity index (χ1n) is 5.05. The summed E-state index contributed by atoms with van der Waals surface area (Å²) in [5.41, 5.74) is 5.33. The fourth-order valence-electron chi connectivity index (χ4n) is 1.23. The Morgan fingerprint density at radius 3 is 2.35 bits per heavy atom. The molecule has 100 valence electrons. The van der Waals surface area contributed by atoms with Gasteiger partial charge in [-0.05, 0) is 13.8 Å². The first-order valence-corrected chi connectivity index (χ1v) is 7.07. The topological polar surface area (TPSA) is 89.7 Å². The molecule has 8 heteroatoms. The Morgan fingerprint density at radius 1 is 1.47 bits per heavy atom. The van der Waals surface area contributed by atoms with Gasteiger partial charge in [0.15, 0.2) is 5.75 Å². The molecule has 0 saturated carbocycles. The number of hydrogen-bond donors (Lipinski definition) is 1. The van der Waals surface area contributed by atoms with Crippen molar-refractivity contribution in [1.29, 1.82) is 0 Å². The van der Waals surface area contributed by atoms with Gasteiger partial charge >= 0.3 is 5.97 Å². The highest BCUT2D eigenvalue weighted by Crippen LogP contribution is 2.09. The molecule has 6 nitrogen and oxygen atoms in total. The van der Waals surface area contributed by atoms with Crippen molar-refractivity contribution in [1.82, 2.24) is 4.31 Å². The standard InChI is InChI=1S/C9H18N2O4S2/c1-7(2)11(5-4-8(10)16)17(13,14)6-9(12)15-3/h7H,4-6H2,1-3H3,(H2,10,16). The molecule has 0 aromatic carbocycles. The fourth-order valence-corrected chi connectivity index (χ4v) is 2.91. The summed E-state index contributed by atoms with van der Waals surface area (Å²) in [7, 11) is -2.54. The zero-order valence-corrected chi connectivity index (χ0v) is 11.8. The van der Waals surface area contributed by atoms with Crippen molar-refractivity contribution in [2.75, 3.05) is 19.4 Å². The van der Waals surface area contributed by atoms with Gasteiger partial charge in [-0.25, -0.2) is 8.42 Å². The minimum atomic E-state index is -3.69. The summed E-state index contributed by atoms with van der Waals surface area (Å²) >= 11 is 4.70. The van der Waals surface area contributed by atoms with Crippen LogP contribution in [0.25, 0.3) is 0 Å². The first-order chi connectivity index (χ1) is 7.70. The highest BCUT2D eigenvalue weighted by atomic mass is 32.2. The van der Waals surface area contributed by atoms with Gasteiger partial charge in [0, 0.05) is 19.0 Å². The number of ether oxygens (including phenoxy) is 1. The molecule has 0 rings (SSSR count). The van der Waals surface area contributed by atoms with Gasteiger partial charge < -0.3 is 10.5 Å². The average Bonchev–Trinajstić information content (AvgIpc) is 2.15. The van der Waals surface area contributed by atoms with E-state index in [9.17, 15) is 13.2 Å². The van der Waals surface area contributed by atoms with Crippen LogP contribution in [0.2, 0.25) is 0 Å². The lowest BCUT2D eigenvalue weighted by Crippen LogP contribution is -2.41. The Balaban J connectivity index is 4.79. The van der Waals surface area contributed by atoms with Crippen molar-refractivity contribution >= 4 is 33.2 Å². The van der Waals surface area contributed by atoms with E-state index in [0.29, 0.717) is 0 Å². The van der Waals surface area contributed by atoms with Crippen LogP contribution in [0.5, 0.6) is 0 Å². The largest absolute Gasteiger partial charge is 0.468 e. The third kappa shape index (κ3) is 5.94. The molecule has 0 aliphatic carbocycles. The normalized spacial score (nSPS) is 11.8. The monoisotopic (exact) mass is 282 g/mol. The molecule has 2 N–H and O–H groups in total. The Hall–Kier alpha value is -0.730. The van der Waals surface area contributed by atoms with Crippen molar-refractivity contribution in [3.63, 3.8) is 0 Å². The molecule has 0 saturated heterocycles. The van der Waals surface area contributed by atoms with E-state index < -0.39 is 21.7 Å². The molecule has 0 atom stereocenters. The highest BCUT2D eigenvalue weighted by Gasteiger charge is 2.27. The molecule has 0 unspecified atom stereocenters. The Morgan fingerprint density at radius 2 is 2.00 bits per heavy atom. The van der Waals surface area contributed by atoms with Crippen LogP contribution in [-0.4, -0.2) is 49.1 Å². The van der Waals surface area contributed by atoms with Gasteiger partial charge in [0.2, 0.25) is 10.0 Å². The zero-order valence-electron chi connectivity index (χ0n) is 10.2. The lowest BCUT2D eigenvalue weighted by molar-refractivity contribution is -0.137. The molecule has 0 bridgehead atoms. The minimum Gasteiger partial charge on any atom is -0.468 e. The van der Waals surface area contributed by atoms with Gasteiger partial charge in [-0.2, -0.15) is 4.31 Å². The van der Waals surface area contributed by atoms with Gasteiger partial charge in [0.25, 0.3) is 0 Å². The summed E-state index contributed by atoms with van der Waals surface area (Å²) in [5.74, 6) is -1.45. The summed E-state index contributed by atoms with van der Waals surface area (Å²) in [6, 6.07) is -0.265. The first kappa shape index (κ1) is 16.3. The number of nitrogens with two attached hydrogens (primary N) is 1. The molecule has 0 amide bonds. The Kier molecular flexibility index (Phi) is 6.58. The van der Waals surface area contributed by atoms with E-state index in [1.165, 1.54) is 4.31 Å². The number of hydrogen-bond acceptors (Lipinski definition) is 5. The Bertz CT molecular complexity index is 378. The molecule has 0 spiro atoms. The number of carbonyl (C=O) groups is 1. The van der Waals surface area contributed by atoms with Crippen LogP contribution in [0, 0.1) is 0 Å². The molecule has 0 aliphatic rings. The van der Waals surface area contributed by atoms with Gasteiger partial charge in [-0.15, -0.1) is 0 Å². The maximum absolute atomic E-state index is 11.9. The molecular formula is C9H18N2O4S2. The van der Waals surface area contributed by atoms with Crippen molar-refractivity contribution in [2.45, 2.75) is 26.3 Å². The summed E-state index contributed by atoms with van der Waals surface area (Å²) in [6.07, 6.45) is 0.286. The van der Waals surface area contributed by atoms with E-state index in [4.69, 9.17) is 18.0 Å². The summed E-state index contributed by atoms with van der Waals surface area (Å²) in [5, 5.41) is 0. The number of sulfonamides is 1. The molecule has 17 heavy (non-hydrogen) atoms. The van der Waals surface area contributed by atoms with Gasteiger partial charge in [-0.1, -0.05) is 12.2 Å². The number of thiocarbonyl (C=S) groups is 1. The van der Waals surface area contributed by atoms with Gasteiger partial charge in [-0.3, -0.25) is 4.79 Å². The zero-order chi connectivity index (χ0) is 13.6. The second-order valence-electron chi connectivity index (χ2n) is 3.75. The van der Waals surface area contributed by atoms with Crippen molar-refractivity contribution < 1.29 is 17.9 Å². The summed E-state index contributed by atoms with van der Waals surface area (Å²) < 4.78 is 29.3. The molecule has 0 aromatic heterocycles. The third-order valence-corrected chi connectivity index (χ3v) is 4.16. The number of carbonyl (C=O) groups excluding carboxylic acids is 1. The van der Waals surface area contributed by atoms with E-state index in [1.807, 2.05) is 0 Å². The maximum atomic E-state index is 11.9. The van der Waals surface area contributed by atoms with Crippen molar-refractivity contribution in [3.05, 3.63) is 0 Å². The predicted molar refractivity (Wildman–Crippen MR) is 69.0 cm³/mol. The van der Waals surface area contributed by atoms with Crippen LogP contribution in [0.3, 0.4) is 0 Å². The SMILES string of the molecule is COC(=O)CS(=O)(=O)N(CCC(N)=S)C(C)C. The summed E-state index contributed by atoms with van der Waals surface area (Å²) in [6.45, 7) is 3.61. The molecule has 0 heterocycles.